The van der Waals surface area contributed by atoms with Crippen molar-refractivity contribution >= 4 is 7.82 Å². The average molecular weight is 386 g/mol. The molecule has 0 aromatic heterocycles. The SMILES string of the molecule is CC(C)OP(=O)(OC(C)C(F)(F)F)OC(C(F)(F)F)C(F)(F)F. The molecule has 0 amide bonds. The van der Waals surface area contributed by atoms with Gasteiger partial charge in [-0.3, -0.25) is 13.6 Å². The molecule has 0 fully saturated rings. The second-order valence-corrected chi connectivity index (χ2v) is 5.99. The van der Waals surface area contributed by atoms with Crippen molar-refractivity contribution in [3.63, 3.8) is 0 Å². The van der Waals surface area contributed by atoms with Crippen molar-refractivity contribution in [2.45, 2.75) is 57.6 Å². The van der Waals surface area contributed by atoms with Gasteiger partial charge in [0.1, 0.15) is 0 Å². The minimum absolute atomic E-state index is 0.218. The Hall–Kier alpha value is -0.520. The molecule has 0 aromatic rings. The lowest BCUT2D eigenvalue weighted by Gasteiger charge is -2.29. The number of rotatable bonds is 6. The van der Waals surface area contributed by atoms with Crippen molar-refractivity contribution in [3.05, 3.63) is 0 Å². The van der Waals surface area contributed by atoms with Crippen molar-refractivity contribution in [2.24, 2.45) is 0 Å². The zero-order valence-corrected chi connectivity index (χ0v) is 12.6. The molecule has 0 aliphatic carbocycles. The van der Waals surface area contributed by atoms with Gasteiger partial charge in [-0.2, -0.15) is 39.5 Å². The van der Waals surface area contributed by atoms with E-state index in [1.165, 1.54) is 0 Å². The van der Waals surface area contributed by atoms with Crippen LogP contribution in [0.1, 0.15) is 20.8 Å². The Balaban J connectivity index is 5.58. The Morgan fingerprint density at radius 3 is 1.35 bits per heavy atom. The standard InChI is InChI=1S/C9H12F9O4P/c1-4(2)20-23(19,21-5(3)7(10,11)12)22-6(8(13,14)15)9(16,17)18/h4-6H,1-3H3. The lowest BCUT2D eigenvalue weighted by molar-refractivity contribution is -0.305. The summed E-state index contributed by atoms with van der Waals surface area (Å²) in [6.45, 7) is 2.21. The van der Waals surface area contributed by atoms with Gasteiger partial charge in [-0.1, -0.05) is 0 Å². The Morgan fingerprint density at radius 1 is 0.696 bits per heavy atom. The normalized spacial score (nSPS) is 18.3. The lowest BCUT2D eigenvalue weighted by atomic mass is 10.3. The smallest absolute Gasteiger partial charge is 0.284 e. The molecule has 0 radical (unpaired) electrons. The van der Waals surface area contributed by atoms with Crippen molar-refractivity contribution in [2.75, 3.05) is 0 Å². The second kappa shape index (κ2) is 7.16. The molecule has 0 bridgehead atoms. The summed E-state index contributed by atoms with van der Waals surface area (Å²) in [5.74, 6) is 0. The predicted molar refractivity (Wildman–Crippen MR) is 57.4 cm³/mol. The van der Waals surface area contributed by atoms with E-state index in [2.05, 4.69) is 13.6 Å². The molecule has 0 N–H and O–H groups in total. The number of phosphoric ester groups is 1. The van der Waals surface area contributed by atoms with E-state index in [1.807, 2.05) is 0 Å². The van der Waals surface area contributed by atoms with Gasteiger partial charge in [-0.05, 0) is 20.8 Å². The molecule has 2 atom stereocenters. The van der Waals surface area contributed by atoms with Crippen LogP contribution in [0, 0.1) is 0 Å². The topological polar surface area (TPSA) is 44.8 Å². The van der Waals surface area contributed by atoms with E-state index in [0.717, 1.165) is 13.8 Å². The maximum atomic E-state index is 12.4. The van der Waals surface area contributed by atoms with Gasteiger partial charge < -0.3 is 0 Å². The number of phosphoric acid groups is 1. The molecule has 0 aromatic carbocycles. The van der Waals surface area contributed by atoms with Gasteiger partial charge in [-0.25, -0.2) is 4.57 Å². The Labute approximate surface area is 124 Å². The minimum Gasteiger partial charge on any atom is -0.284 e. The highest BCUT2D eigenvalue weighted by Gasteiger charge is 2.62. The summed E-state index contributed by atoms with van der Waals surface area (Å²) in [4.78, 5) is 0. The van der Waals surface area contributed by atoms with Crippen molar-refractivity contribution < 1.29 is 57.7 Å². The summed E-state index contributed by atoms with van der Waals surface area (Å²) in [6.07, 6.45) is -26.4. The van der Waals surface area contributed by atoms with Crippen molar-refractivity contribution in [1.82, 2.24) is 0 Å². The third kappa shape index (κ3) is 7.73. The summed E-state index contributed by atoms with van der Waals surface area (Å²) >= 11 is 0. The molecule has 0 rings (SSSR count). The first-order chi connectivity index (χ1) is 9.88. The molecule has 2 unspecified atom stereocenters. The van der Waals surface area contributed by atoms with Gasteiger partial charge in [0, 0.05) is 0 Å². The van der Waals surface area contributed by atoms with Crippen LogP contribution in [0.2, 0.25) is 0 Å². The number of hydrogen-bond acceptors (Lipinski definition) is 4. The van der Waals surface area contributed by atoms with Gasteiger partial charge in [0.2, 0.25) is 0 Å². The molecule has 140 valence electrons. The molecule has 4 nitrogen and oxygen atoms in total. The number of hydrogen-bond donors (Lipinski definition) is 0. The highest BCUT2D eigenvalue weighted by atomic mass is 31.2. The lowest BCUT2D eigenvalue weighted by Crippen LogP contribution is -2.44. The van der Waals surface area contributed by atoms with E-state index >= 15 is 0 Å². The van der Waals surface area contributed by atoms with Gasteiger partial charge in [-0.15, -0.1) is 0 Å². The second-order valence-electron chi connectivity index (χ2n) is 4.46. The highest BCUT2D eigenvalue weighted by Crippen LogP contribution is 2.57. The van der Waals surface area contributed by atoms with Crippen LogP contribution >= 0.6 is 7.82 Å². The molecule has 0 aliphatic heterocycles. The fourth-order valence-corrected chi connectivity index (χ4v) is 2.69. The monoisotopic (exact) mass is 386 g/mol. The molecular weight excluding hydrogens is 374 g/mol. The molecule has 0 spiro atoms. The van der Waals surface area contributed by atoms with E-state index in [9.17, 15) is 44.1 Å². The van der Waals surface area contributed by atoms with Crippen LogP contribution < -0.4 is 0 Å². The van der Waals surface area contributed by atoms with Gasteiger partial charge in [0.05, 0.1) is 6.10 Å². The molecule has 0 heterocycles. The van der Waals surface area contributed by atoms with E-state index in [0.29, 0.717) is 0 Å². The first-order valence-corrected chi connectivity index (χ1v) is 7.20. The molecule has 23 heavy (non-hydrogen) atoms. The average Bonchev–Trinajstić information content (AvgIpc) is 2.20. The summed E-state index contributed by atoms with van der Waals surface area (Å²) in [6, 6.07) is 0. The molecular formula is C9H12F9O4P. The fraction of sp³-hybridized carbons (Fsp3) is 1.00. The quantitative estimate of drug-likeness (QED) is 0.476. The van der Waals surface area contributed by atoms with Crippen LogP contribution in [0.3, 0.4) is 0 Å². The Bertz CT molecular complexity index is 414. The predicted octanol–water partition coefficient (Wildman–Crippen LogP) is 5.00. The van der Waals surface area contributed by atoms with Gasteiger partial charge >= 0.3 is 26.4 Å². The Kier molecular flexibility index (Phi) is 7.00. The van der Waals surface area contributed by atoms with E-state index in [1.54, 1.807) is 0 Å². The first-order valence-electron chi connectivity index (χ1n) is 5.74. The van der Waals surface area contributed by atoms with E-state index < -0.39 is 44.7 Å². The zero-order valence-electron chi connectivity index (χ0n) is 11.7. The molecule has 0 saturated heterocycles. The van der Waals surface area contributed by atoms with Crippen LogP contribution in [0.4, 0.5) is 39.5 Å². The van der Waals surface area contributed by atoms with Crippen LogP contribution in [-0.4, -0.2) is 36.8 Å². The minimum atomic E-state index is -6.10. The molecule has 14 heteroatoms. The summed E-state index contributed by atoms with van der Waals surface area (Å²) in [7, 11) is -5.84. The maximum Gasteiger partial charge on any atom is 0.476 e. The summed E-state index contributed by atoms with van der Waals surface area (Å²) < 4.78 is 134. The van der Waals surface area contributed by atoms with E-state index in [4.69, 9.17) is 0 Å². The Morgan fingerprint density at radius 2 is 1.09 bits per heavy atom. The highest BCUT2D eigenvalue weighted by molar-refractivity contribution is 7.48. The van der Waals surface area contributed by atoms with Crippen LogP contribution in [0.5, 0.6) is 0 Å². The molecule has 0 aliphatic rings. The summed E-state index contributed by atoms with van der Waals surface area (Å²) in [5.41, 5.74) is 0. The zero-order chi connectivity index (χ0) is 18.9. The summed E-state index contributed by atoms with van der Waals surface area (Å²) in [5, 5.41) is 0. The third-order valence-electron chi connectivity index (χ3n) is 1.92. The largest absolute Gasteiger partial charge is 0.476 e. The number of halogens is 9. The van der Waals surface area contributed by atoms with Gasteiger partial charge in [0.15, 0.2) is 6.10 Å². The van der Waals surface area contributed by atoms with E-state index in [-0.39, 0.29) is 6.92 Å². The van der Waals surface area contributed by atoms with Gasteiger partial charge in [0.25, 0.3) is 6.10 Å². The third-order valence-corrected chi connectivity index (χ3v) is 3.64. The van der Waals surface area contributed by atoms with Crippen molar-refractivity contribution in [3.8, 4) is 0 Å². The van der Waals surface area contributed by atoms with Crippen LogP contribution in [0.15, 0.2) is 0 Å². The first kappa shape index (κ1) is 22.5. The number of alkyl halides is 9. The maximum absolute atomic E-state index is 12.4. The van der Waals surface area contributed by atoms with Crippen LogP contribution in [-0.2, 0) is 18.1 Å². The van der Waals surface area contributed by atoms with Crippen LogP contribution in [0.25, 0.3) is 0 Å². The van der Waals surface area contributed by atoms with Crippen molar-refractivity contribution in [1.29, 1.82) is 0 Å². The fourth-order valence-electron chi connectivity index (χ4n) is 1.02. The molecule has 0 saturated carbocycles.